The van der Waals surface area contributed by atoms with Crippen LogP contribution < -0.4 is 10.6 Å². The van der Waals surface area contributed by atoms with Gasteiger partial charge in [0.25, 0.3) is 0 Å². The predicted molar refractivity (Wildman–Crippen MR) is 128 cm³/mol. The van der Waals surface area contributed by atoms with E-state index in [9.17, 15) is 9.59 Å². The van der Waals surface area contributed by atoms with Crippen LogP contribution in [0.25, 0.3) is 5.69 Å². The number of anilines is 1. The van der Waals surface area contributed by atoms with Gasteiger partial charge in [0.15, 0.2) is 0 Å². The average Bonchev–Trinajstić information content (AvgIpc) is 3.21. The molecule has 8 nitrogen and oxygen atoms in total. The van der Waals surface area contributed by atoms with E-state index in [-0.39, 0.29) is 17.7 Å². The standard InChI is InChI=1S/C24H28ClN5O3/c1-17(2)30-24(32)29(16-26-30)21-9-7-20(8-10-21)27-11-13-28(14-12-27)22(23(31)33-3)18-5-4-6-19(25)15-18/h4-10,15-17,22H,11-14H2,1-3H3. The molecule has 2 aromatic carbocycles. The van der Waals surface area contributed by atoms with Gasteiger partial charge in [-0.15, -0.1) is 0 Å². The van der Waals surface area contributed by atoms with E-state index >= 15 is 0 Å². The van der Waals surface area contributed by atoms with Crippen molar-refractivity contribution in [2.45, 2.75) is 25.9 Å². The van der Waals surface area contributed by atoms with Gasteiger partial charge in [-0.3, -0.25) is 4.90 Å². The molecule has 33 heavy (non-hydrogen) atoms. The minimum absolute atomic E-state index is 0.00930. The summed E-state index contributed by atoms with van der Waals surface area (Å²) >= 11 is 6.16. The molecule has 0 amide bonds. The minimum atomic E-state index is -0.484. The number of carbonyl (C=O) groups excluding carboxylic acids is 1. The number of ether oxygens (including phenoxy) is 1. The summed E-state index contributed by atoms with van der Waals surface area (Å²) < 4.78 is 8.09. The first kappa shape index (κ1) is 23.1. The fraction of sp³-hybridized carbons (Fsp3) is 0.375. The molecule has 0 bridgehead atoms. The number of methoxy groups -OCH3 is 1. The highest BCUT2D eigenvalue weighted by Crippen LogP contribution is 2.27. The van der Waals surface area contributed by atoms with Gasteiger partial charge in [0.05, 0.1) is 18.8 Å². The molecule has 1 saturated heterocycles. The molecule has 1 atom stereocenters. The molecular formula is C24H28ClN5O3. The number of rotatable bonds is 6. The quantitative estimate of drug-likeness (QED) is 0.516. The van der Waals surface area contributed by atoms with Gasteiger partial charge in [-0.1, -0.05) is 23.7 Å². The summed E-state index contributed by atoms with van der Waals surface area (Å²) in [6.45, 7) is 6.79. The Hall–Kier alpha value is -3.10. The number of carbonyl (C=O) groups is 1. The summed E-state index contributed by atoms with van der Waals surface area (Å²) in [6, 6.07) is 14.8. The van der Waals surface area contributed by atoms with Crippen molar-refractivity contribution in [3.63, 3.8) is 0 Å². The van der Waals surface area contributed by atoms with E-state index in [1.54, 1.807) is 17.0 Å². The lowest BCUT2D eigenvalue weighted by Gasteiger charge is -2.39. The first-order valence-electron chi connectivity index (χ1n) is 11.0. The highest BCUT2D eigenvalue weighted by Gasteiger charge is 2.31. The van der Waals surface area contributed by atoms with E-state index in [1.165, 1.54) is 11.8 Å². The second kappa shape index (κ2) is 9.80. The minimum Gasteiger partial charge on any atom is -0.468 e. The Balaban J connectivity index is 1.46. The Morgan fingerprint density at radius 1 is 1.03 bits per heavy atom. The van der Waals surface area contributed by atoms with Crippen LogP contribution in [0.3, 0.4) is 0 Å². The van der Waals surface area contributed by atoms with Crippen LogP contribution in [-0.2, 0) is 9.53 Å². The van der Waals surface area contributed by atoms with E-state index in [4.69, 9.17) is 16.3 Å². The van der Waals surface area contributed by atoms with E-state index in [2.05, 4.69) is 14.9 Å². The number of halogens is 1. The lowest BCUT2D eigenvalue weighted by atomic mass is 10.0. The molecule has 0 radical (unpaired) electrons. The number of nitrogens with zero attached hydrogens (tertiary/aromatic N) is 5. The fourth-order valence-electron chi connectivity index (χ4n) is 4.19. The Kier molecular flexibility index (Phi) is 6.85. The van der Waals surface area contributed by atoms with Crippen LogP contribution in [0.2, 0.25) is 5.02 Å². The zero-order valence-corrected chi connectivity index (χ0v) is 19.8. The fourth-order valence-corrected chi connectivity index (χ4v) is 4.39. The van der Waals surface area contributed by atoms with Gasteiger partial charge < -0.3 is 9.64 Å². The van der Waals surface area contributed by atoms with Crippen molar-refractivity contribution in [3.05, 3.63) is 75.9 Å². The number of aromatic nitrogens is 3. The first-order valence-corrected chi connectivity index (χ1v) is 11.4. The molecular weight excluding hydrogens is 442 g/mol. The molecule has 1 aliphatic rings. The molecule has 0 aliphatic carbocycles. The van der Waals surface area contributed by atoms with Gasteiger partial charge in [-0.2, -0.15) is 5.10 Å². The third-order valence-corrected chi connectivity index (χ3v) is 6.18. The Morgan fingerprint density at radius 3 is 2.27 bits per heavy atom. The molecule has 174 valence electrons. The Morgan fingerprint density at radius 2 is 1.70 bits per heavy atom. The van der Waals surface area contributed by atoms with E-state index in [0.717, 1.165) is 30.0 Å². The van der Waals surface area contributed by atoms with E-state index in [1.807, 2.05) is 56.3 Å². The van der Waals surface area contributed by atoms with Gasteiger partial charge in [0, 0.05) is 36.9 Å². The smallest absolute Gasteiger partial charge is 0.350 e. The third-order valence-electron chi connectivity index (χ3n) is 5.94. The first-order chi connectivity index (χ1) is 15.9. The highest BCUT2D eigenvalue weighted by atomic mass is 35.5. The van der Waals surface area contributed by atoms with Crippen LogP contribution in [0.4, 0.5) is 5.69 Å². The number of esters is 1. The molecule has 0 spiro atoms. The maximum Gasteiger partial charge on any atom is 0.350 e. The molecule has 9 heteroatoms. The van der Waals surface area contributed by atoms with Crippen molar-refractivity contribution in [1.29, 1.82) is 0 Å². The molecule has 1 unspecified atom stereocenters. The molecule has 2 heterocycles. The molecule has 1 aromatic heterocycles. The zero-order chi connectivity index (χ0) is 23.5. The maximum atomic E-state index is 12.6. The summed E-state index contributed by atoms with van der Waals surface area (Å²) in [7, 11) is 1.41. The largest absolute Gasteiger partial charge is 0.468 e. The van der Waals surface area contributed by atoms with Gasteiger partial charge in [-0.25, -0.2) is 18.8 Å². The summed E-state index contributed by atoms with van der Waals surface area (Å²) in [4.78, 5) is 29.5. The van der Waals surface area contributed by atoms with E-state index < -0.39 is 6.04 Å². The van der Waals surface area contributed by atoms with Crippen molar-refractivity contribution in [3.8, 4) is 5.69 Å². The average molecular weight is 470 g/mol. The van der Waals surface area contributed by atoms with Crippen molar-refractivity contribution in [2.24, 2.45) is 0 Å². The van der Waals surface area contributed by atoms with Gasteiger partial charge in [0.1, 0.15) is 12.4 Å². The van der Waals surface area contributed by atoms with Gasteiger partial charge in [-0.05, 0) is 55.8 Å². The van der Waals surface area contributed by atoms with Crippen LogP contribution >= 0.6 is 11.6 Å². The lowest BCUT2D eigenvalue weighted by molar-refractivity contribution is -0.147. The zero-order valence-electron chi connectivity index (χ0n) is 19.0. The molecule has 0 N–H and O–H groups in total. The number of hydrogen-bond donors (Lipinski definition) is 0. The molecule has 4 rings (SSSR count). The summed E-state index contributed by atoms with van der Waals surface area (Å²) in [5.74, 6) is -0.289. The van der Waals surface area contributed by atoms with Gasteiger partial charge >= 0.3 is 11.7 Å². The van der Waals surface area contributed by atoms with Crippen LogP contribution in [0.15, 0.2) is 59.7 Å². The normalized spacial score (nSPS) is 15.6. The van der Waals surface area contributed by atoms with Crippen LogP contribution in [0.1, 0.15) is 31.5 Å². The monoisotopic (exact) mass is 469 g/mol. The number of hydrogen-bond acceptors (Lipinski definition) is 6. The highest BCUT2D eigenvalue weighted by molar-refractivity contribution is 6.30. The van der Waals surface area contributed by atoms with E-state index in [0.29, 0.717) is 18.1 Å². The van der Waals surface area contributed by atoms with Crippen LogP contribution in [-0.4, -0.2) is 58.5 Å². The predicted octanol–water partition coefficient (Wildman–Crippen LogP) is 3.30. The molecule has 3 aromatic rings. The second-order valence-corrected chi connectivity index (χ2v) is 8.78. The molecule has 1 aliphatic heterocycles. The van der Waals surface area contributed by atoms with Crippen molar-refractivity contribution in [2.75, 3.05) is 38.2 Å². The Labute approximate surface area is 197 Å². The number of piperazine rings is 1. The number of benzene rings is 2. The third kappa shape index (κ3) is 4.82. The summed E-state index contributed by atoms with van der Waals surface area (Å²) in [6.07, 6.45) is 1.55. The Bertz CT molecular complexity index is 1160. The van der Waals surface area contributed by atoms with Crippen LogP contribution in [0, 0.1) is 0 Å². The summed E-state index contributed by atoms with van der Waals surface area (Å²) in [5, 5.41) is 4.78. The molecule has 0 saturated carbocycles. The lowest BCUT2D eigenvalue weighted by Crippen LogP contribution is -2.49. The molecule has 1 fully saturated rings. The maximum absolute atomic E-state index is 12.6. The van der Waals surface area contributed by atoms with Gasteiger partial charge in [0.2, 0.25) is 0 Å². The topological polar surface area (TPSA) is 72.6 Å². The van der Waals surface area contributed by atoms with Crippen molar-refractivity contribution in [1.82, 2.24) is 19.2 Å². The summed E-state index contributed by atoms with van der Waals surface area (Å²) in [5.41, 5.74) is 2.53. The van der Waals surface area contributed by atoms with Crippen molar-refractivity contribution >= 4 is 23.3 Å². The van der Waals surface area contributed by atoms with Crippen molar-refractivity contribution < 1.29 is 9.53 Å². The second-order valence-electron chi connectivity index (χ2n) is 8.34. The van der Waals surface area contributed by atoms with Crippen LogP contribution in [0.5, 0.6) is 0 Å². The SMILES string of the molecule is COC(=O)C(c1cccc(Cl)c1)N1CCN(c2ccc(-n3cnn(C(C)C)c3=O)cc2)CC1.